The van der Waals surface area contributed by atoms with Gasteiger partial charge in [-0.2, -0.15) is 0 Å². The Balaban J connectivity index is 1.58. The Kier molecular flexibility index (Phi) is 5.92. The Hall–Kier alpha value is -1.60. The number of fused-ring (bicyclic) bond motifs is 1. The van der Waals surface area contributed by atoms with Crippen LogP contribution >= 0.6 is 23.1 Å². The summed E-state index contributed by atoms with van der Waals surface area (Å²) in [6.07, 6.45) is 9.79. The van der Waals surface area contributed by atoms with Gasteiger partial charge >= 0.3 is 0 Å². The summed E-state index contributed by atoms with van der Waals surface area (Å²) in [5.74, 6) is 0.542. The molecule has 4 rings (SSSR count). The van der Waals surface area contributed by atoms with E-state index in [9.17, 15) is 9.59 Å². The number of nitrogens with one attached hydrogen (secondary N) is 1. The normalized spacial score (nSPS) is 18.9. The van der Waals surface area contributed by atoms with E-state index in [4.69, 9.17) is 4.98 Å². The zero-order valence-corrected chi connectivity index (χ0v) is 17.9. The summed E-state index contributed by atoms with van der Waals surface area (Å²) in [7, 11) is 0. The van der Waals surface area contributed by atoms with Gasteiger partial charge in [-0.05, 0) is 49.5 Å². The molecule has 1 N–H and O–H groups in total. The van der Waals surface area contributed by atoms with Gasteiger partial charge in [0.05, 0.1) is 10.6 Å². The molecule has 1 amide bonds. The number of rotatable bonds is 7. The molecule has 2 saturated carbocycles. The summed E-state index contributed by atoms with van der Waals surface area (Å²) in [4.78, 5) is 31.4. The number of nitrogens with zero attached hydrogens (tertiary/aromatic N) is 2. The van der Waals surface area contributed by atoms with Gasteiger partial charge < -0.3 is 5.32 Å². The first-order valence-electron chi connectivity index (χ1n) is 10.2. The second kappa shape index (κ2) is 8.41. The van der Waals surface area contributed by atoms with Gasteiger partial charge in [0.25, 0.3) is 5.56 Å². The van der Waals surface area contributed by atoms with E-state index in [0.717, 1.165) is 41.5 Å². The molecule has 0 radical (unpaired) electrons. The maximum atomic E-state index is 13.2. The molecule has 0 aromatic carbocycles. The van der Waals surface area contributed by atoms with Crippen LogP contribution in [0.5, 0.6) is 0 Å². The Bertz CT molecular complexity index is 939. The highest BCUT2D eigenvalue weighted by Gasteiger charge is 2.29. The predicted molar refractivity (Wildman–Crippen MR) is 116 cm³/mol. The van der Waals surface area contributed by atoms with Gasteiger partial charge in [-0.3, -0.25) is 14.2 Å². The molecule has 0 aliphatic heterocycles. The number of thioether (sulfide) groups is 1. The van der Waals surface area contributed by atoms with E-state index in [1.807, 2.05) is 6.92 Å². The number of hydrogen-bond donors (Lipinski definition) is 1. The first-order valence-corrected chi connectivity index (χ1v) is 11.9. The van der Waals surface area contributed by atoms with Gasteiger partial charge in [0.2, 0.25) is 5.91 Å². The maximum absolute atomic E-state index is 13.2. The van der Waals surface area contributed by atoms with Crippen molar-refractivity contribution >= 4 is 39.2 Å². The van der Waals surface area contributed by atoms with Crippen molar-refractivity contribution in [2.24, 2.45) is 0 Å². The largest absolute Gasteiger partial charge is 0.352 e. The third-order valence-electron chi connectivity index (χ3n) is 5.62. The molecule has 5 nitrogen and oxygen atoms in total. The molecule has 0 spiro atoms. The van der Waals surface area contributed by atoms with Crippen molar-refractivity contribution < 1.29 is 4.79 Å². The van der Waals surface area contributed by atoms with E-state index in [-0.39, 0.29) is 22.8 Å². The topological polar surface area (TPSA) is 64.0 Å². The quantitative estimate of drug-likeness (QED) is 0.411. The highest BCUT2D eigenvalue weighted by molar-refractivity contribution is 8.00. The van der Waals surface area contributed by atoms with E-state index < -0.39 is 0 Å². The zero-order valence-electron chi connectivity index (χ0n) is 16.3. The van der Waals surface area contributed by atoms with Crippen molar-refractivity contribution in [1.29, 1.82) is 0 Å². The molecule has 2 aromatic rings. The molecule has 150 valence electrons. The van der Waals surface area contributed by atoms with Gasteiger partial charge in [0, 0.05) is 12.6 Å². The summed E-state index contributed by atoms with van der Waals surface area (Å²) < 4.78 is 1.67. The number of hydrogen-bond acceptors (Lipinski definition) is 5. The van der Waals surface area contributed by atoms with Crippen LogP contribution in [0.1, 0.15) is 63.4 Å². The lowest BCUT2D eigenvalue weighted by Crippen LogP contribution is -2.40. The average Bonchev–Trinajstić information content (AvgIpc) is 3.45. The number of carbonyl (C=O) groups is 1. The predicted octanol–water partition coefficient (Wildman–Crippen LogP) is 4.45. The molecule has 2 aliphatic rings. The zero-order chi connectivity index (χ0) is 19.7. The molecular formula is C21H27N3O2S2. The Morgan fingerprint density at radius 2 is 2.14 bits per heavy atom. The second-order valence-electron chi connectivity index (χ2n) is 7.85. The standard InChI is InChI=1S/C21H27N3O2S2/c1-3-11-24-20(26)17-16(14-9-10-14)12-27-19(17)23-21(24)28-13(2)18(25)22-15-7-5-4-6-8-15/h3,12-15H,1,4-11H2,2H3,(H,22,25)/t13-/m0/s1. The van der Waals surface area contributed by atoms with Gasteiger partial charge in [0.1, 0.15) is 4.83 Å². The minimum absolute atomic E-state index is 0.00422. The Labute approximate surface area is 173 Å². The summed E-state index contributed by atoms with van der Waals surface area (Å²) in [6.45, 7) is 6.09. The van der Waals surface area contributed by atoms with Crippen LogP contribution in [0.15, 0.2) is 28.0 Å². The molecule has 2 aliphatic carbocycles. The molecule has 0 bridgehead atoms. The van der Waals surface area contributed by atoms with Crippen molar-refractivity contribution in [3.63, 3.8) is 0 Å². The highest BCUT2D eigenvalue weighted by Crippen LogP contribution is 2.44. The van der Waals surface area contributed by atoms with E-state index in [0.29, 0.717) is 17.6 Å². The molecule has 2 heterocycles. The van der Waals surface area contributed by atoms with Crippen LogP contribution in [0, 0.1) is 0 Å². The fourth-order valence-corrected chi connectivity index (χ4v) is 5.87. The molecule has 2 aromatic heterocycles. The Morgan fingerprint density at radius 1 is 1.39 bits per heavy atom. The van der Waals surface area contributed by atoms with Crippen molar-refractivity contribution in [3.05, 3.63) is 34.0 Å². The summed E-state index contributed by atoms with van der Waals surface area (Å²) in [5.41, 5.74) is 1.14. The number of aromatic nitrogens is 2. The fourth-order valence-electron chi connectivity index (χ4n) is 3.88. The SMILES string of the molecule is C=CCn1c(S[C@@H](C)C(=O)NC2CCCCC2)nc2scc(C3CC3)c2c1=O. The monoisotopic (exact) mass is 417 g/mol. The summed E-state index contributed by atoms with van der Waals surface area (Å²) >= 11 is 2.91. The maximum Gasteiger partial charge on any atom is 0.263 e. The van der Waals surface area contributed by atoms with Crippen molar-refractivity contribution in [2.45, 2.75) is 80.8 Å². The van der Waals surface area contributed by atoms with Crippen molar-refractivity contribution in [3.8, 4) is 0 Å². The molecular weight excluding hydrogens is 390 g/mol. The number of allylic oxidation sites excluding steroid dienone is 1. The first kappa shape index (κ1) is 19.7. The lowest BCUT2D eigenvalue weighted by Gasteiger charge is -2.24. The minimum atomic E-state index is -0.301. The van der Waals surface area contributed by atoms with Crippen LogP contribution in [0.3, 0.4) is 0 Å². The molecule has 28 heavy (non-hydrogen) atoms. The van der Waals surface area contributed by atoms with Crippen LogP contribution in [0.4, 0.5) is 0 Å². The van der Waals surface area contributed by atoms with Crippen LogP contribution in [-0.2, 0) is 11.3 Å². The van der Waals surface area contributed by atoms with E-state index >= 15 is 0 Å². The summed E-state index contributed by atoms with van der Waals surface area (Å²) in [6, 6.07) is 0.286. The van der Waals surface area contributed by atoms with E-state index in [1.54, 1.807) is 10.6 Å². The minimum Gasteiger partial charge on any atom is -0.352 e. The van der Waals surface area contributed by atoms with Gasteiger partial charge in [-0.1, -0.05) is 37.1 Å². The lowest BCUT2D eigenvalue weighted by atomic mass is 9.95. The first-order chi connectivity index (χ1) is 13.6. The second-order valence-corrected chi connectivity index (χ2v) is 10.0. The number of thiophene rings is 1. The van der Waals surface area contributed by atoms with Gasteiger partial charge in [-0.15, -0.1) is 17.9 Å². The molecule has 0 saturated heterocycles. The van der Waals surface area contributed by atoms with E-state index in [1.165, 1.54) is 42.4 Å². The number of carbonyl (C=O) groups excluding carboxylic acids is 1. The third kappa shape index (κ3) is 4.06. The van der Waals surface area contributed by atoms with Crippen LogP contribution < -0.4 is 10.9 Å². The third-order valence-corrected chi connectivity index (χ3v) is 7.60. The van der Waals surface area contributed by atoms with Crippen molar-refractivity contribution in [2.75, 3.05) is 0 Å². The summed E-state index contributed by atoms with van der Waals surface area (Å²) in [5, 5.41) is 6.33. The number of amides is 1. The van der Waals surface area contributed by atoms with E-state index in [2.05, 4.69) is 17.3 Å². The highest BCUT2D eigenvalue weighted by atomic mass is 32.2. The smallest absolute Gasteiger partial charge is 0.263 e. The lowest BCUT2D eigenvalue weighted by molar-refractivity contribution is -0.121. The molecule has 7 heteroatoms. The Morgan fingerprint density at radius 3 is 2.82 bits per heavy atom. The van der Waals surface area contributed by atoms with Crippen LogP contribution in [0.2, 0.25) is 0 Å². The van der Waals surface area contributed by atoms with Crippen LogP contribution in [-0.4, -0.2) is 26.8 Å². The fraction of sp³-hybridized carbons (Fsp3) is 0.571. The molecule has 0 unspecified atom stereocenters. The van der Waals surface area contributed by atoms with Crippen LogP contribution in [0.25, 0.3) is 10.2 Å². The van der Waals surface area contributed by atoms with Gasteiger partial charge in [-0.25, -0.2) is 4.98 Å². The molecule has 2 fully saturated rings. The van der Waals surface area contributed by atoms with Crippen molar-refractivity contribution in [1.82, 2.24) is 14.9 Å². The molecule has 1 atom stereocenters. The van der Waals surface area contributed by atoms with Gasteiger partial charge in [0.15, 0.2) is 5.16 Å². The average molecular weight is 418 g/mol.